The quantitative estimate of drug-likeness (QED) is 0.148. The standard InChI is InChI=1S/C46H53N2P/c1-29-20-30(2)23-37(22-29)49(38-24-31(3)21-32(4)25-38)19-18-47-43-39-16-12-14-35-15-13-17-40(41(35)39)44(43)48-42-33(5)26-36(27-34(42)6)46(10,11)28-45(7,8)9/h12-17,20-27H,18-19,28H2,1-11H3. The number of benzene rings is 5. The third kappa shape index (κ3) is 7.51. The summed E-state index contributed by atoms with van der Waals surface area (Å²) in [6.45, 7) is 25.8. The highest BCUT2D eigenvalue weighted by Gasteiger charge is 2.30. The molecule has 3 heteroatoms. The minimum Gasteiger partial charge on any atom is -0.282 e. The normalized spacial score (nSPS) is 14.9. The van der Waals surface area contributed by atoms with Gasteiger partial charge in [0, 0.05) is 23.1 Å². The molecule has 0 amide bonds. The molecule has 0 aromatic heterocycles. The van der Waals surface area contributed by atoms with E-state index in [1.165, 1.54) is 71.5 Å². The van der Waals surface area contributed by atoms with Gasteiger partial charge in [0.1, 0.15) is 0 Å². The summed E-state index contributed by atoms with van der Waals surface area (Å²) in [6, 6.07) is 32.1. The van der Waals surface area contributed by atoms with Gasteiger partial charge in [0.05, 0.1) is 17.1 Å². The van der Waals surface area contributed by atoms with Crippen molar-refractivity contribution in [2.24, 2.45) is 15.4 Å². The van der Waals surface area contributed by atoms with Gasteiger partial charge in [0.2, 0.25) is 0 Å². The van der Waals surface area contributed by atoms with Gasteiger partial charge < -0.3 is 0 Å². The molecule has 0 N–H and O–H groups in total. The van der Waals surface area contributed by atoms with Crippen LogP contribution in [0.3, 0.4) is 0 Å². The van der Waals surface area contributed by atoms with Gasteiger partial charge in [0.15, 0.2) is 0 Å². The van der Waals surface area contributed by atoms with E-state index in [2.05, 4.69) is 161 Å². The summed E-state index contributed by atoms with van der Waals surface area (Å²) < 4.78 is 0. The first-order valence-corrected chi connectivity index (χ1v) is 19.3. The first-order chi connectivity index (χ1) is 23.1. The van der Waals surface area contributed by atoms with Gasteiger partial charge in [-0.25, -0.2) is 4.99 Å². The van der Waals surface area contributed by atoms with E-state index in [0.717, 1.165) is 36.2 Å². The van der Waals surface area contributed by atoms with Crippen LogP contribution in [0.5, 0.6) is 0 Å². The predicted octanol–water partition coefficient (Wildman–Crippen LogP) is 11.5. The van der Waals surface area contributed by atoms with Gasteiger partial charge in [-0.05, 0) is 106 Å². The van der Waals surface area contributed by atoms with Gasteiger partial charge in [-0.1, -0.05) is 142 Å². The molecule has 0 saturated heterocycles. The van der Waals surface area contributed by atoms with Crippen molar-refractivity contribution < 1.29 is 0 Å². The lowest BCUT2D eigenvalue weighted by atomic mass is 9.71. The average Bonchev–Trinajstić information content (AvgIpc) is 3.28. The third-order valence-electron chi connectivity index (χ3n) is 9.74. The van der Waals surface area contributed by atoms with E-state index in [1.807, 2.05) is 0 Å². The third-order valence-corrected chi connectivity index (χ3v) is 12.1. The fourth-order valence-corrected chi connectivity index (χ4v) is 10.8. The van der Waals surface area contributed by atoms with Crippen molar-refractivity contribution in [3.8, 4) is 0 Å². The monoisotopic (exact) mass is 664 g/mol. The summed E-state index contributed by atoms with van der Waals surface area (Å²) in [4.78, 5) is 11.0. The number of nitrogens with zero attached hydrogens (tertiary/aromatic N) is 2. The molecule has 1 aliphatic carbocycles. The van der Waals surface area contributed by atoms with Crippen LogP contribution in [0, 0.1) is 47.0 Å². The van der Waals surface area contributed by atoms with Crippen LogP contribution in [-0.4, -0.2) is 24.1 Å². The highest BCUT2D eigenvalue weighted by molar-refractivity contribution is 7.73. The van der Waals surface area contributed by atoms with Crippen molar-refractivity contribution in [1.82, 2.24) is 0 Å². The zero-order valence-electron chi connectivity index (χ0n) is 31.5. The van der Waals surface area contributed by atoms with E-state index in [1.54, 1.807) is 0 Å². The Hall–Kier alpha value is -3.87. The molecule has 6 rings (SSSR count). The van der Waals surface area contributed by atoms with E-state index in [9.17, 15) is 0 Å². The zero-order chi connectivity index (χ0) is 35.2. The van der Waals surface area contributed by atoms with E-state index in [0.29, 0.717) is 0 Å². The molecule has 0 atom stereocenters. The van der Waals surface area contributed by atoms with Gasteiger partial charge in [-0.2, -0.15) is 0 Å². The SMILES string of the molecule is Cc1cc(C)cc(P(CCN=C2C(=Nc3c(C)cc(C(C)(C)CC(C)(C)C)cc3C)c3cccc4cccc2c34)c2cc(C)cc(C)c2)c1. The molecule has 0 spiro atoms. The molecule has 5 aromatic rings. The fraction of sp³-hybridized carbons (Fsp3) is 0.348. The molecule has 0 unspecified atom stereocenters. The number of aryl methyl sites for hydroxylation is 6. The lowest BCUT2D eigenvalue weighted by molar-refractivity contribution is 0.284. The summed E-state index contributed by atoms with van der Waals surface area (Å²) in [5.41, 5.74) is 14.9. The molecule has 0 radical (unpaired) electrons. The van der Waals surface area contributed by atoms with Crippen LogP contribution in [0.1, 0.15) is 91.1 Å². The lowest BCUT2D eigenvalue weighted by Crippen LogP contribution is -2.25. The highest BCUT2D eigenvalue weighted by Crippen LogP contribution is 2.41. The molecule has 0 fully saturated rings. The summed E-state index contributed by atoms with van der Waals surface area (Å²) in [7, 11) is -0.584. The van der Waals surface area contributed by atoms with Crippen LogP contribution in [0.2, 0.25) is 0 Å². The number of hydrogen-bond donors (Lipinski definition) is 0. The smallest absolute Gasteiger partial charge is 0.0974 e. The minimum absolute atomic E-state index is 0.0747. The van der Waals surface area contributed by atoms with E-state index >= 15 is 0 Å². The topological polar surface area (TPSA) is 24.7 Å². The summed E-state index contributed by atoms with van der Waals surface area (Å²) in [5, 5.41) is 5.38. The van der Waals surface area contributed by atoms with Crippen molar-refractivity contribution in [2.45, 2.75) is 88.0 Å². The van der Waals surface area contributed by atoms with E-state index in [4.69, 9.17) is 9.98 Å². The molecule has 5 aromatic carbocycles. The Labute approximate surface area is 296 Å². The van der Waals surface area contributed by atoms with Crippen molar-refractivity contribution in [3.63, 3.8) is 0 Å². The van der Waals surface area contributed by atoms with Crippen molar-refractivity contribution in [2.75, 3.05) is 12.7 Å². The van der Waals surface area contributed by atoms with E-state index in [-0.39, 0.29) is 10.8 Å². The van der Waals surface area contributed by atoms with Crippen LogP contribution in [0.15, 0.2) is 94.9 Å². The molecule has 0 saturated carbocycles. The molecule has 252 valence electrons. The van der Waals surface area contributed by atoms with Gasteiger partial charge in [-0.3, -0.25) is 4.99 Å². The summed E-state index contributed by atoms with van der Waals surface area (Å²) in [6.07, 6.45) is 2.10. The van der Waals surface area contributed by atoms with Crippen molar-refractivity contribution in [1.29, 1.82) is 0 Å². The summed E-state index contributed by atoms with van der Waals surface area (Å²) >= 11 is 0. The lowest BCUT2D eigenvalue weighted by Gasteiger charge is -2.33. The van der Waals surface area contributed by atoms with Crippen molar-refractivity contribution in [3.05, 3.63) is 135 Å². The molecule has 2 nitrogen and oxygen atoms in total. The molecule has 0 aliphatic heterocycles. The van der Waals surface area contributed by atoms with Crippen LogP contribution < -0.4 is 10.6 Å². The maximum Gasteiger partial charge on any atom is 0.0974 e. The largest absolute Gasteiger partial charge is 0.282 e. The van der Waals surface area contributed by atoms with Crippen LogP contribution in [0.4, 0.5) is 5.69 Å². The first kappa shape index (κ1) is 35.0. The number of aliphatic imine (C=N–C) groups is 2. The molecular formula is C46H53N2P. The molecule has 0 bridgehead atoms. The Kier molecular flexibility index (Phi) is 9.60. The second kappa shape index (κ2) is 13.4. The number of hydrogen-bond acceptors (Lipinski definition) is 2. The maximum atomic E-state index is 5.53. The Morgan fingerprint density at radius 3 is 1.57 bits per heavy atom. The van der Waals surface area contributed by atoms with Crippen LogP contribution >= 0.6 is 7.92 Å². The highest BCUT2D eigenvalue weighted by atomic mass is 31.1. The Bertz CT molecular complexity index is 2000. The fourth-order valence-electron chi connectivity index (χ4n) is 8.21. The second-order valence-corrected chi connectivity index (χ2v) is 18.7. The Morgan fingerprint density at radius 2 is 1.08 bits per heavy atom. The maximum absolute atomic E-state index is 5.53. The van der Waals surface area contributed by atoms with Gasteiger partial charge >= 0.3 is 0 Å². The average molecular weight is 665 g/mol. The molecular weight excluding hydrogens is 611 g/mol. The number of rotatable bonds is 8. The molecule has 1 aliphatic rings. The first-order valence-electron chi connectivity index (χ1n) is 17.8. The van der Waals surface area contributed by atoms with Crippen LogP contribution in [-0.2, 0) is 5.41 Å². The summed E-state index contributed by atoms with van der Waals surface area (Å²) in [5.74, 6) is 0. The Morgan fingerprint density at radius 1 is 0.592 bits per heavy atom. The van der Waals surface area contributed by atoms with E-state index < -0.39 is 7.92 Å². The minimum atomic E-state index is -0.584. The molecule has 49 heavy (non-hydrogen) atoms. The zero-order valence-corrected chi connectivity index (χ0v) is 32.4. The second-order valence-electron chi connectivity index (χ2n) is 16.3. The Balaban J connectivity index is 1.43. The van der Waals surface area contributed by atoms with Gasteiger partial charge in [-0.15, -0.1) is 0 Å². The van der Waals surface area contributed by atoms with Crippen LogP contribution in [0.25, 0.3) is 10.8 Å². The predicted molar refractivity (Wildman–Crippen MR) is 217 cm³/mol. The molecule has 0 heterocycles. The van der Waals surface area contributed by atoms with Crippen molar-refractivity contribution >= 4 is 46.4 Å². The van der Waals surface area contributed by atoms with Gasteiger partial charge in [0.25, 0.3) is 0 Å².